The number of hydrogen-bond acceptors (Lipinski definition) is 2. The molecule has 0 radical (unpaired) electrons. The molecule has 2 fully saturated rings. The van der Waals surface area contributed by atoms with Gasteiger partial charge in [-0.3, -0.25) is 0 Å². The molecule has 2 rings (SSSR count). The van der Waals surface area contributed by atoms with Crippen molar-refractivity contribution in [2.75, 3.05) is 0 Å². The van der Waals surface area contributed by atoms with Gasteiger partial charge in [-0.05, 0) is 37.0 Å². The lowest BCUT2D eigenvalue weighted by Crippen LogP contribution is -2.33. The van der Waals surface area contributed by atoms with Gasteiger partial charge in [-0.2, -0.15) is 0 Å². The number of ketones is 1. The van der Waals surface area contributed by atoms with E-state index in [4.69, 9.17) is 0 Å². The van der Waals surface area contributed by atoms with E-state index in [0.717, 1.165) is 12.8 Å². The van der Waals surface area contributed by atoms with E-state index >= 15 is 0 Å². The average Bonchev–Trinajstić information content (AvgIpc) is 2.67. The lowest BCUT2D eigenvalue weighted by Gasteiger charge is -2.36. The van der Waals surface area contributed by atoms with Gasteiger partial charge < -0.3 is 9.90 Å². The number of carbonyl (C=O) groups excluding carboxylic acids is 1. The van der Waals surface area contributed by atoms with Gasteiger partial charge in [-0.1, -0.05) is 20.8 Å². The van der Waals surface area contributed by atoms with Crippen LogP contribution >= 0.6 is 0 Å². The van der Waals surface area contributed by atoms with Crippen LogP contribution in [0.25, 0.3) is 0 Å². The third-order valence-electron chi connectivity index (χ3n) is 4.89. The Kier molecular flexibility index (Phi) is 2.27. The molecule has 2 aliphatic rings. The van der Waals surface area contributed by atoms with Gasteiger partial charge >= 0.3 is 0 Å². The van der Waals surface area contributed by atoms with E-state index in [9.17, 15) is 9.90 Å². The fraction of sp³-hybridized carbons (Fsp3) is 0.923. The second-order valence-electron chi connectivity index (χ2n) is 6.40. The quantitative estimate of drug-likeness (QED) is 0.760. The van der Waals surface area contributed by atoms with Crippen LogP contribution in [0.1, 0.15) is 47.0 Å². The van der Waals surface area contributed by atoms with Crippen molar-refractivity contribution in [2.24, 2.45) is 22.7 Å². The molecular weight excluding hydrogens is 188 g/mol. The Morgan fingerprint density at radius 1 is 1.40 bits per heavy atom. The van der Waals surface area contributed by atoms with Crippen LogP contribution in [0.2, 0.25) is 0 Å². The molecule has 1 N–H and O–H groups in total. The van der Waals surface area contributed by atoms with Crippen molar-refractivity contribution in [2.45, 2.75) is 53.1 Å². The minimum atomic E-state index is -0.195. The standard InChI is InChI=1S/C13H22O2/c1-8(14)7-9-11-12(2,3)6-5-10(15)13(9,11)4/h9-11,15H,5-7H2,1-4H3/t9-,10+,11+,13-/m0/s1. The van der Waals surface area contributed by atoms with Crippen molar-refractivity contribution in [1.29, 1.82) is 0 Å². The maximum Gasteiger partial charge on any atom is 0.130 e. The second kappa shape index (κ2) is 3.07. The highest BCUT2D eigenvalue weighted by Crippen LogP contribution is 2.72. The van der Waals surface area contributed by atoms with Gasteiger partial charge in [0.05, 0.1) is 6.10 Å². The summed E-state index contributed by atoms with van der Waals surface area (Å²) >= 11 is 0. The maximum atomic E-state index is 11.2. The molecule has 86 valence electrons. The summed E-state index contributed by atoms with van der Waals surface area (Å²) in [5, 5.41) is 10.1. The zero-order valence-electron chi connectivity index (χ0n) is 10.2. The fourth-order valence-electron chi connectivity index (χ4n) is 4.09. The van der Waals surface area contributed by atoms with Crippen molar-refractivity contribution < 1.29 is 9.90 Å². The lowest BCUT2D eigenvalue weighted by molar-refractivity contribution is -0.117. The monoisotopic (exact) mass is 210 g/mol. The smallest absolute Gasteiger partial charge is 0.130 e. The number of aliphatic hydroxyl groups is 1. The molecule has 0 spiro atoms. The molecule has 0 aromatic rings. The van der Waals surface area contributed by atoms with E-state index in [1.54, 1.807) is 6.92 Å². The maximum absolute atomic E-state index is 11.2. The van der Waals surface area contributed by atoms with Crippen LogP contribution in [0.5, 0.6) is 0 Å². The SMILES string of the molecule is CC(=O)C[C@H]1[C@@H]2C(C)(C)CC[C@@H](O)[C@@]21C. The summed E-state index contributed by atoms with van der Waals surface area (Å²) in [6.07, 6.45) is 2.44. The molecule has 2 saturated carbocycles. The predicted octanol–water partition coefficient (Wildman–Crippen LogP) is 2.40. The normalized spacial score (nSPS) is 47.1. The summed E-state index contributed by atoms with van der Waals surface area (Å²) in [5.41, 5.74) is 0.321. The minimum Gasteiger partial charge on any atom is -0.393 e. The van der Waals surface area contributed by atoms with E-state index in [1.165, 1.54) is 0 Å². The number of hydrogen-bond donors (Lipinski definition) is 1. The highest BCUT2D eigenvalue weighted by Gasteiger charge is 2.70. The third kappa shape index (κ3) is 1.45. The van der Waals surface area contributed by atoms with E-state index < -0.39 is 0 Å². The Bertz CT molecular complexity index is 295. The first-order valence-corrected chi connectivity index (χ1v) is 5.97. The first-order chi connectivity index (χ1) is 6.80. The molecule has 0 bridgehead atoms. The summed E-state index contributed by atoms with van der Waals surface area (Å²) in [6.45, 7) is 8.38. The van der Waals surface area contributed by atoms with Crippen LogP contribution in [0.15, 0.2) is 0 Å². The van der Waals surface area contributed by atoms with Crippen molar-refractivity contribution >= 4 is 5.78 Å². The number of carbonyl (C=O) groups is 1. The predicted molar refractivity (Wildman–Crippen MR) is 59.4 cm³/mol. The molecule has 4 atom stereocenters. The fourth-order valence-corrected chi connectivity index (χ4v) is 4.09. The molecule has 0 unspecified atom stereocenters. The summed E-state index contributed by atoms with van der Waals surface area (Å²) in [5.74, 6) is 1.22. The van der Waals surface area contributed by atoms with E-state index in [0.29, 0.717) is 23.7 Å². The van der Waals surface area contributed by atoms with Crippen molar-refractivity contribution in [1.82, 2.24) is 0 Å². The highest BCUT2D eigenvalue weighted by atomic mass is 16.3. The van der Waals surface area contributed by atoms with Crippen LogP contribution in [0.4, 0.5) is 0 Å². The number of Topliss-reactive ketones (excluding diaryl/α,β-unsaturated/α-hetero) is 1. The van der Waals surface area contributed by atoms with E-state index in [2.05, 4.69) is 20.8 Å². The Morgan fingerprint density at radius 3 is 2.47 bits per heavy atom. The van der Waals surface area contributed by atoms with Gasteiger partial charge in [0.15, 0.2) is 0 Å². The molecule has 2 aliphatic carbocycles. The Balaban J connectivity index is 2.20. The summed E-state index contributed by atoms with van der Waals surface area (Å²) in [6, 6.07) is 0. The van der Waals surface area contributed by atoms with Gasteiger partial charge in [0.25, 0.3) is 0 Å². The van der Waals surface area contributed by atoms with Gasteiger partial charge in [0.1, 0.15) is 5.78 Å². The van der Waals surface area contributed by atoms with Gasteiger partial charge in [-0.25, -0.2) is 0 Å². The highest BCUT2D eigenvalue weighted by molar-refractivity contribution is 5.76. The molecule has 2 heteroatoms. The van der Waals surface area contributed by atoms with E-state index in [-0.39, 0.29) is 17.3 Å². The molecule has 0 saturated heterocycles. The molecule has 0 aromatic carbocycles. The van der Waals surface area contributed by atoms with Crippen LogP contribution in [0, 0.1) is 22.7 Å². The van der Waals surface area contributed by atoms with Crippen LogP contribution in [-0.4, -0.2) is 17.0 Å². The molecular formula is C13H22O2. The van der Waals surface area contributed by atoms with Gasteiger partial charge in [0.2, 0.25) is 0 Å². The molecule has 0 amide bonds. The summed E-state index contributed by atoms with van der Waals surface area (Å²) < 4.78 is 0. The molecule has 0 aliphatic heterocycles. The average molecular weight is 210 g/mol. The molecule has 0 aromatic heterocycles. The Morgan fingerprint density at radius 2 is 2.00 bits per heavy atom. The van der Waals surface area contributed by atoms with Crippen LogP contribution < -0.4 is 0 Å². The van der Waals surface area contributed by atoms with Crippen molar-refractivity contribution in [3.05, 3.63) is 0 Å². The molecule has 0 heterocycles. The Hall–Kier alpha value is -0.370. The van der Waals surface area contributed by atoms with E-state index in [1.807, 2.05) is 0 Å². The largest absolute Gasteiger partial charge is 0.393 e. The first kappa shape index (κ1) is 11.1. The lowest BCUT2D eigenvalue weighted by atomic mass is 9.71. The molecule has 2 nitrogen and oxygen atoms in total. The summed E-state index contributed by atoms with van der Waals surface area (Å²) in [7, 11) is 0. The number of fused-ring (bicyclic) bond motifs is 1. The topological polar surface area (TPSA) is 37.3 Å². The van der Waals surface area contributed by atoms with Gasteiger partial charge in [-0.15, -0.1) is 0 Å². The van der Waals surface area contributed by atoms with Crippen molar-refractivity contribution in [3.63, 3.8) is 0 Å². The minimum absolute atomic E-state index is 0.0212. The van der Waals surface area contributed by atoms with Gasteiger partial charge in [0, 0.05) is 11.8 Å². The number of rotatable bonds is 2. The Labute approximate surface area is 92.1 Å². The zero-order chi connectivity index (χ0) is 11.4. The zero-order valence-corrected chi connectivity index (χ0v) is 10.2. The van der Waals surface area contributed by atoms with Crippen LogP contribution in [-0.2, 0) is 4.79 Å². The number of aliphatic hydroxyl groups excluding tert-OH is 1. The first-order valence-electron chi connectivity index (χ1n) is 5.97. The van der Waals surface area contributed by atoms with Crippen LogP contribution in [0.3, 0.4) is 0 Å². The summed E-state index contributed by atoms with van der Waals surface area (Å²) in [4.78, 5) is 11.2. The second-order valence-corrected chi connectivity index (χ2v) is 6.40. The third-order valence-corrected chi connectivity index (χ3v) is 4.89. The molecule has 15 heavy (non-hydrogen) atoms. The van der Waals surface area contributed by atoms with Crippen molar-refractivity contribution in [3.8, 4) is 0 Å².